The summed E-state index contributed by atoms with van der Waals surface area (Å²) in [4.78, 5) is 15.4. The van der Waals surface area contributed by atoms with Crippen LogP contribution in [0.15, 0.2) is 18.5 Å². The van der Waals surface area contributed by atoms with E-state index in [1.807, 2.05) is 6.92 Å². The fourth-order valence-electron chi connectivity index (χ4n) is 1.58. The summed E-state index contributed by atoms with van der Waals surface area (Å²) in [5.41, 5.74) is 0.783. The number of carbonyl (C=O) groups excluding carboxylic acids is 1. The predicted octanol–water partition coefficient (Wildman–Crippen LogP) is 1.31. The molecule has 6 heteroatoms. The standard InChI is InChI=1S/C14H22N2O4/c1-9-5-10(7-15-6-9)12(18)11(17)8-16-13(19)20-14(2,3)4/h5-7,11-12,17-18H,8H2,1-4H3,(H,16,19). The molecule has 1 amide bonds. The topological polar surface area (TPSA) is 91.7 Å². The Morgan fingerprint density at radius 2 is 2.05 bits per heavy atom. The number of aliphatic hydroxyl groups is 2. The zero-order valence-electron chi connectivity index (χ0n) is 12.3. The maximum absolute atomic E-state index is 11.4. The molecule has 1 aromatic rings. The van der Waals surface area contributed by atoms with Gasteiger partial charge in [-0.15, -0.1) is 0 Å². The van der Waals surface area contributed by atoms with E-state index >= 15 is 0 Å². The van der Waals surface area contributed by atoms with Gasteiger partial charge in [0.2, 0.25) is 0 Å². The van der Waals surface area contributed by atoms with Crippen LogP contribution in [0.1, 0.15) is 38.0 Å². The van der Waals surface area contributed by atoms with Crippen molar-refractivity contribution < 1.29 is 19.7 Å². The quantitative estimate of drug-likeness (QED) is 0.774. The second-order valence-corrected chi connectivity index (χ2v) is 5.69. The van der Waals surface area contributed by atoms with Crippen molar-refractivity contribution in [3.8, 4) is 0 Å². The summed E-state index contributed by atoms with van der Waals surface area (Å²) in [6.07, 6.45) is 0.255. The highest BCUT2D eigenvalue weighted by molar-refractivity contribution is 5.67. The van der Waals surface area contributed by atoms with Crippen molar-refractivity contribution in [2.24, 2.45) is 0 Å². The van der Waals surface area contributed by atoms with Crippen LogP contribution in [0.4, 0.5) is 4.79 Å². The number of alkyl carbamates (subject to hydrolysis) is 1. The van der Waals surface area contributed by atoms with Crippen molar-refractivity contribution in [1.82, 2.24) is 10.3 Å². The van der Waals surface area contributed by atoms with Crippen LogP contribution in [0.3, 0.4) is 0 Å². The second kappa shape index (κ2) is 6.67. The monoisotopic (exact) mass is 282 g/mol. The normalized spacial score (nSPS) is 14.5. The number of aromatic nitrogens is 1. The van der Waals surface area contributed by atoms with Gasteiger partial charge in [-0.1, -0.05) is 6.07 Å². The van der Waals surface area contributed by atoms with Gasteiger partial charge in [0.05, 0.1) is 0 Å². The molecule has 0 aromatic carbocycles. The number of ether oxygens (including phenoxy) is 1. The van der Waals surface area contributed by atoms with Gasteiger partial charge in [-0.05, 0) is 33.3 Å². The molecule has 0 aliphatic heterocycles. The van der Waals surface area contributed by atoms with Crippen molar-refractivity contribution in [3.63, 3.8) is 0 Å². The molecule has 112 valence electrons. The summed E-state index contributed by atoms with van der Waals surface area (Å²) in [6.45, 7) is 6.97. The summed E-state index contributed by atoms with van der Waals surface area (Å²) in [5.74, 6) is 0. The number of pyridine rings is 1. The van der Waals surface area contributed by atoms with E-state index in [0.717, 1.165) is 5.56 Å². The zero-order chi connectivity index (χ0) is 15.3. The fraction of sp³-hybridized carbons (Fsp3) is 0.571. The predicted molar refractivity (Wildman–Crippen MR) is 74.2 cm³/mol. The lowest BCUT2D eigenvalue weighted by Crippen LogP contribution is -2.38. The molecule has 3 N–H and O–H groups in total. The Kier molecular flexibility index (Phi) is 5.47. The Labute approximate surface area is 118 Å². The molecule has 2 atom stereocenters. The van der Waals surface area contributed by atoms with Crippen LogP contribution in [0, 0.1) is 6.92 Å². The van der Waals surface area contributed by atoms with Gasteiger partial charge >= 0.3 is 6.09 Å². The molecule has 1 rings (SSSR count). The van der Waals surface area contributed by atoms with E-state index in [4.69, 9.17) is 4.74 Å². The molecule has 2 unspecified atom stereocenters. The van der Waals surface area contributed by atoms with Crippen LogP contribution < -0.4 is 5.32 Å². The average molecular weight is 282 g/mol. The molecule has 0 fully saturated rings. The van der Waals surface area contributed by atoms with Crippen LogP contribution >= 0.6 is 0 Å². The summed E-state index contributed by atoms with van der Waals surface area (Å²) in [7, 11) is 0. The lowest BCUT2D eigenvalue weighted by Gasteiger charge is -2.22. The molecule has 1 aromatic heterocycles. The number of amides is 1. The Morgan fingerprint density at radius 3 is 2.60 bits per heavy atom. The Balaban J connectivity index is 2.50. The number of nitrogens with one attached hydrogen (secondary N) is 1. The minimum atomic E-state index is -1.13. The van der Waals surface area contributed by atoms with Gasteiger partial charge in [-0.3, -0.25) is 4.98 Å². The van der Waals surface area contributed by atoms with E-state index in [0.29, 0.717) is 5.56 Å². The van der Waals surface area contributed by atoms with Crippen LogP contribution in [0.2, 0.25) is 0 Å². The molecule has 20 heavy (non-hydrogen) atoms. The van der Waals surface area contributed by atoms with E-state index in [1.165, 1.54) is 6.20 Å². The fourth-order valence-corrected chi connectivity index (χ4v) is 1.58. The molecule has 6 nitrogen and oxygen atoms in total. The lowest BCUT2D eigenvalue weighted by atomic mass is 10.1. The van der Waals surface area contributed by atoms with E-state index in [1.54, 1.807) is 33.0 Å². The zero-order valence-corrected chi connectivity index (χ0v) is 12.3. The maximum atomic E-state index is 11.4. The first-order chi connectivity index (χ1) is 9.19. The van der Waals surface area contributed by atoms with Crippen LogP contribution in [-0.4, -0.2) is 39.5 Å². The number of rotatable bonds is 4. The number of hydrogen-bond acceptors (Lipinski definition) is 5. The van der Waals surface area contributed by atoms with E-state index in [-0.39, 0.29) is 6.54 Å². The minimum absolute atomic E-state index is 0.107. The summed E-state index contributed by atoms with van der Waals surface area (Å²) in [5, 5.41) is 22.3. The van der Waals surface area contributed by atoms with Gasteiger partial charge in [-0.2, -0.15) is 0 Å². The molecule has 1 heterocycles. The van der Waals surface area contributed by atoms with Crippen molar-refractivity contribution in [3.05, 3.63) is 29.6 Å². The highest BCUT2D eigenvalue weighted by Crippen LogP contribution is 2.16. The van der Waals surface area contributed by atoms with Gasteiger partial charge in [0.1, 0.15) is 17.8 Å². The number of aryl methyl sites for hydroxylation is 1. The molecule has 0 aliphatic rings. The molecule has 0 spiro atoms. The first-order valence-electron chi connectivity index (χ1n) is 6.43. The van der Waals surface area contributed by atoms with Crippen molar-refractivity contribution in [1.29, 1.82) is 0 Å². The molecule has 0 radical (unpaired) electrons. The number of hydrogen-bond donors (Lipinski definition) is 3. The van der Waals surface area contributed by atoms with E-state index < -0.39 is 23.9 Å². The van der Waals surface area contributed by atoms with Crippen molar-refractivity contribution >= 4 is 6.09 Å². The highest BCUT2D eigenvalue weighted by atomic mass is 16.6. The third-order valence-electron chi connectivity index (χ3n) is 2.46. The van der Waals surface area contributed by atoms with Crippen LogP contribution in [0.5, 0.6) is 0 Å². The van der Waals surface area contributed by atoms with Gasteiger partial charge in [0, 0.05) is 24.5 Å². The molecule has 0 aliphatic carbocycles. The highest BCUT2D eigenvalue weighted by Gasteiger charge is 2.21. The number of carbonyl (C=O) groups is 1. The second-order valence-electron chi connectivity index (χ2n) is 5.69. The molecule has 0 saturated carbocycles. The third-order valence-corrected chi connectivity index (χ3v) is 2.46. The van der Waals surface area contributed by atoms with E-state index in [9.17, 15) is 15.0 Å². The molecule has 0 bridgehead atoms. The summed E-state index contributed by atoms with van der Waals surface area (Å²) in [6, 6.07) is 1.73. The largest absolute Gasteiger partial charge is 0.444 e. The number of nitrogens with zero attached hydrogens (tertiary/aromatic N) is 1. The first kappa shape index (κ1) is 16.4. The average Bonchev–Trinajstić information content (AvgIpc) is 2.33. The molecular weight excluding hydrogens is 260 g/mol. The summed E-state index contributed by atoms with van der Waals surface area (Å²) < 4.78 is 5.04. The van der Waals surface area contributed by atoms with Gasteiger partial charge < -0.3 is 20.3 Å². The first-order valence-corrected chi connectivity index (χ1v) is 6.43. The van der Waals surface area contributed by atoms with Crippen LogP contribution in [0.25, 0.3) is 0 Å². The Morgan fingerprint density at radius 1 is 1.40 bits per heavy atom. The van der Waals surface area contributed by atoms with Crippen molar-refractivity contribution in [2.75, 3.05) is 6.54 Å². The van der Waals surface area contributed by atoms with Gasteiger partial charge in [0.15, 0.2) is 0 Å². The summed E-state index contributed by atoms with van der Waals surface area (Å²) >= 11 is 0. The third kappa shape index (κ3) is 5.54. The van der Waals surface area contributed by atoms with Crippen molar-refractivity contribution in [2.45, 2.75) is 45.5 Å². The van der Waals surface area contributed by atoms with Gasteiger partial charge in [-0.25, -0.2) is 4.79 Å². The lowest BCUT2D eigenvalue weighted by molar-refractivity contribution is 0.0127. The van der Waals surface area contributed by atoms with Crippen LogP contribution in [-0.2, 0) is 4.74 Å². The SMILES string of the molecule is Cc1cncc(C(O)C(O)CNC(=O)OC(C)(C)C)c1. The Hall–Kier alpha value is -1.66. The smallest absolute Gasteiger partial charge is 0.407 e. The molecule has 0 saturated heterocycles. The van der Waals surface area contributed by atoms with Gasteiger partial charge in [0.25, 0.3) is 0 Å². The maximum Gasteiger partial charge on any atom is 0.407 e. The van der Waals surface area contributed by atoms with E-state index in [2.05, 4.69) is 10.3 Å². The minimum Gasteiger partial charge on any atom is -0.444 e. The molecular formula is C14H22N2O4. The number of aliphatic hydroxyl groups excluding tert-OH is 2. The Bertz CT molecular complexity index is 457.